The normalized spacial score (nSPS) is 10.3. The Hall–Kier alpha value is -1.51. The Morgan fingerprint density at radius 1 is 1.06 bits per heavy atom. The van der Waals surface area contributed by atoms with Gasteiger partial charge in [-0.2, -0.15) is 0 Å². The Labute approximate surface area is 109 Å². The van der Waals surface area contributed by atoms with Crippen LogP contribution in [0.25, 0.3) is 0 Å². The molecule has 1 aromatic carbocycles. The topological polar surface area (TPSA) is 52.3 Å². The van der Waals surface area contributed by atoms with Gasteiger partial charge in [0.25, 0.3) is 0 Å². The van der Waals surface area contributed by atoms with Crippen molar-refractivity contribution in [3.05, 3.63) is 29.8 Å². The van der Waals surface area contributed by atoms with E-state index in [0.29, 0.717) is 5.56 Å². The van der Waals surface area contributed by atoms with Crippen molar-refractivity contribution in [1.82, 2.24) is 0 Å². The van der Waals surface area contributed by atoms with Crippen molar-refractivity contribution in [3.8, 4) is 5.75 Å². The van der Waals surface area contributed by atoms with Gasteiger partial charge in [0.15, 0.2) is 0 Å². The molecular weight excluding hydrogens is 226 g/mol. The number of amides is 1. The number of primary amides is 1. The second-order valence-corrected chi connectivity index (χ2v) is 4.50. The van der Waals surface area contributed by atoms with E-state index in [1.165, 1.54) is 32.1 Å². The van der Waals surface area contributed by atoms with E-state index in [-0.39, 0.29) is 0 Å². The third-order valence-corrected chi connectivity index (χ3v) is 2.91. The molecular formula is C15H23NO2. The van der Waals surface area contributed by atoms with E-state index in [9.17, 15) is 4.79 Å². The number of rotatable bonds is 9. The number of carbonyl (C=O) groups excluding carboxylic acids is 1. The van der Waals surface area contributed by atoms with E-state index in [2.05, 4.69) is 6.92 Å². The maximum Gasteiger partial charge on any atom is 0.248 e. The molecule has 0 aliphatic heterocycles. The van der Waals surface area contributed by atoms with Crippen molar-refractivity contribution < 1.29 is 9.53 Å². The van der Waals surface area contributed by atoms with Crippen LogP contribution in [0.4, 0.5) is 0 Å². The monoisotopic (exact) mass is 249 g/mol. The molecule has 0 heterocycles. The number of hydrogen-bond donors (Lipinski definition) is 1. The fourth-order valence-electron chi connectivity index (χ4n) is 1.79. The van der Waals surface area contributed by atoms with Crippen molar-refractivity contribution in [2.75, 3.05) is 6.61 Å². The Kier molecular flexibility index (Phi) is 6.92. The summed E-state index contributed by atoms with van der Waals surface area (Å²) in [6, 6.07) is 6.96. The Morgan fingerprint density at radius 2 is 1.67 bits per heavy atom. The zero-order valence-corrected chi connectivity index (χ0v) is 11.2. The number of ether oxygens (including phenoxy) is 1. The van der Waals surface area contributed by atoms with Gasteiger partial charge in [-0.25, -0.2) is 0 Å². The molecule has 2 N–H and O–H groups in total. The van der Waals surface area contributed by atoms with Crippen LogP contribution in [0.2, 0.25) is 0 Å². The largest absolute Gasteiger partial charge is 0.494 e. The first-order valence-corrected chi connectivity index (χ1v) is 6.76. The lowest BCUT2D eigenvalue weighted by molar-refractivity contribution is 0.100. The number of unbranched alkanes of at least 4 members (excludes halogenated alkanes) is 5. The first-order chi connectivity index (χ1) is 8.74. The number of hydrogen-bond acceptors (Lipinski definition) is 2. The van der Waals surface area contributed by atoms with Crippen molar-refractivity contribution in [2.24, 2.45) is 5.73 Å². The molecule has 100 valence electrons. The molecule has 0 spiro atoms. The summed E-state index contributed by atoms with van der Waals surface area (Å²) < 4.78 is 5.60. The molecule has 3 nitrogen and oxygen atoms in total. The Balaban J connectivity index is 2.14. The summed E-state index contributed by atoms with van der Waals surface area (Å²) in [5.41, 5.74) is 5.68. The van der Waals surface area contributed by atoms with Crippen LogP contribution in [0, 0.1) is 0 Å². The van der Waals surface area contributed by atoms with Crippen molar-refractivity contribution >= 4 is 5.91 Å². The molecule has 0 saturated heterocycles. The highest BCUT2D eigenvalue weighted by Gasteiger charge is 2.00. The minimum atomic E-state index is -0.405. The van der Waals surface area contributed by atoms with Crippen molar-refractivity contribution in [1.29, 1.82) is 0 Å². The molecule has 0 aromatic heterocycles. The lowest BCUT2D eigenvalue weighted by Gasteiger charge is -2.06. The summed E-state index contributed by atoms with van der Waals surface area (Å²) in [7, 11) is 0. The summed E-state index contributed by atoms with van der Waals surface area (Å²) in [6.45, 7) is 2.96. The van der Waals surface area contributed by atoms with Gasteiger partial charge in [0, 0.05) is 5.56 Å². The zero-order chi connectivity index (χ0) is 13.2. The summed E-state index contributed by atoms with van der Waals surface area (Å²) in [6.07, 6.45) is 7.53. The van der Waals surface area contributed by atoms with Gasteiger partial charge in [0.1, 0.15) is 5.75 Å². The lowest BCUT2D eigenvalue weighted by atomic mass is 10.1. The molecule has 1 amide bonds. The summed E-state index contributed by atoms with van der Waals surface area (Å²) >= 11 is 0. The van der Waals surface area contributed by atoms with E-state index < -0.39 is 5.91 Å². The molecule has 0 atom stereocenters. The minimum Gasteiger partial charge on any atom is -0.494 e. The van der Waals surface area contributed by atoms with Gasteiger partial charge in [0.05, 0.1) is 6.61 Å². The van der Waals surface area contributed by atoms with Crippen molar-refractivity contribution in [2.45, 2.75) is 45.4 Å². The van der Waals surface area contributed by atoms with E-state index >= 15 is 0 Å². The second kappa shape index (κ2) is 8.56. The maximum atomic E-state index is 10.9. The van der Waals surface area contributed by atoms with Gasteiger partial charge in [-0.05, 0) is 30.7 Å². The molecule has 3 heteroatoms. The number of benzene rings is 1. The Bertz CT molecular complexity index is 346. The molecule has 1 rings (SSSR count). The fraction of sp³-hybridized carbons (Fsp3) is 0.533. The van der Waals surface area contributed by atoms with Gasteiger partial charge >= 0.3 is 0 Å². The number of carbonyl (C=O) groups is 1. The quantitative estimate of drug-likeness (QED) is 0.681. The van der Waals surface area contributed by atoms with E-state index in [1.54, 1.807) is 24.3 Å². The molecule has 0 aliphatic rings. The van der Waals surface area contributed by atoms with Gasteiger partial charge in [0.2, 0.25) is 5.91 Å². The van der Waals surface area contributed by atoms with Gasteiger partial charge in [-0.15, -0.1) is 0 Å². The van der Waals surface area contributed by atoms with Crippen LogP contribution in [0.1, 0.15) is 55.8 Å². The molecule has 1 aromatic rings. The molecule has 0 saturated carbocycles. The van der Waals surface area contributed by atoms with Crippen LogP contribution in [0.15, 0.2) is 24.3 Å². The average molecular weight is 249 g/mol. The van der Waals surface area contributed by atoms with Crippen LogP contribution in [0.3, 0.4) is 0 Å². The average Bonchev–Trinajstić information content (AvgIpc) is 2.38. The highest BCUT2D eigenvalue weighted by molar-refractivity contribution is 5.92. The first kappa shape index (κ1) is 14.6. The van der Waals surface area contributed by atoms with Gasteiger partial charge < -0.3 is 10.5 Å². The molecule has 0 aliphatic carbocycles. The predicted octanol–water partition coefficient (Wildman–Crippen LogP) is 3.52. The standard InChI is InChI=1S/C15H23NO2/c1-2-3-4-5-6-7-12-18-14-10-8-13(9-11-14)15(16)17/h8-11H,2-7,12H2,1H3,(H2,16,17). The summed E-state index contributed by atoms with van der Waals surface area (Å²) in [4.78, 5) is 10.9. The molecule has 18 heavy (non-hydrogen) atoms. The van der Waals surface area contributed by atoms with Gasteiger partial charge in [-0.1, -0.05) is 39.0 Å². The van der Waals surface area contributed by atoms with Crippen LogP contribution in [-0.2, 0) is 0 Å². The van der Waals surface area contributed by atoms with E-state index in [4.69, 9.17) is 10.5 Å². The number of nitrogens with two attached hydrogens (primary N) is 1. The summed E-state index contributed by atoms with van der Waals surface area (Å²) in [5.74, 6) is 0.394. The van der Waals surface area contributed by atoms with Crippen LogP contribution in [0.5, 0.6) is 5.75 Å². The van der Waals surface area contributed by atoms with Crippen LogP contribution >= 0.6 is 0 Å². The maximum absolute atomic E-state index is 10.9. The third kappa shape index (κ3) is 5.71. The highest BCUT2D eigenvalue weighted by atomic mass is 16.5. The molecule has 0 bridgehead atoms. The van der Waals surface area contributed by atoms with Crippen LogP contribution in [-0.4, -0.2) is 12.5 Å². The molecule has 0 fully saturated rings. The minimum absolute atomic E-state index is 0.405. The second-order valence-electron chi connectivity index (χ2n) is 4.50. The van der Waals surface area contributed by atoms with Crippen molar-refractivity contribution in [3.63, 3.8) is 0 Å². The van der Waals surface area contributed by atoms with E-state index in [0.717, 1.165) is 18.8 Å². The molecule has 0 unspecified atom stereocenters. The first-order valence-electron chi connectivity index (χ1n) is 6.76. The highest BCUT2D eigenvalue weighted by Crippen LogP contribution is 2.13. The molecule has 0 radical (unpaired) electrons. The predicted molar refractivity (Wildman–Crippen MR) is 73.8 cm³/mol. The zero-order valence-electron chi connectivity index (χ0n) is 11.2. The van der Waals surface area contributed by atoms with Crippen LogP contribution < -0.4 is 10.5 Å². The fourth-order valence-corrected chi connectivity index (χ4v) is 1.79. The SMILES string of the molecule is CCCCCCCCOc1ccc(C(N)=O)cc1. The van der Waals surface area contributed by atoms with Gasteiger partial charge in [-0.3, -0.25) is 4.79 Å². The lowest BCUT2D eigenvalue weighted by Crippen LogP contribution is -2.10. The third-order valence-electron chi connectivity index (χ3n) is 2.91. The van der Waals surface area contributed by atoms with E-state index in [1.807, 2.05) is 0 Å². The Morgan fingerprint density at radius 3 is 2.28 bits per heavy atom. The smallest absolute Gasteiger partial charge is 0.248 e. The summed E-state index contributed by atoms with van der Waals surface area (Å²) in [5, 5.41) is 0.